The van der Waals surface area contributed by atoms with Gasteiger partial charge in [0.2, 0.25) is 0 Å². The van der Waals surface area contributed by atoms with Gasteiger partial charge in [0.25, 0.3) is 0 Å². The maximum absolute atomic E-state index is 9.72. The fourth-order valence-electron chi connectivity index (χ4n) is 2.45. The summed E-state index contributed by atoms with van der Waals surface area (Å²) < 4.78 is 1.11. The molecular weight excluding hydrogens is 347 g/mol. The van der Waals surface area contributed by atoms with E-state index < -0.39 is 0 Å². The normalized spacial score (nSPS) is 10.8. The smallest absolute Gasteiger partial charge is 0.0698 e. The zero-order valence-corrected chi connectivity index (χ0v) is 12.5. The molecule has 0 aromatic heterocycles. The fraction of sp³-hybridized carbons (Fsp3) is 0.0588. The third kappa shape index (κ3) is 2.26. The number of aliphatic hydroxyl groups excluding tert-OH is 1. The monoisotopic (exact) mass is 360 g/mol. The first-order chi connectivity index (χ1) is 9.31. The van der Waals surface area contributed by atoms with Crippen LogP contribution in [0.15, 0.2) is 60.7 Å². The van der Waals surface area contributed by atoms with Gasteiger partial charge in [-0.05, 0) is 56.1 Å². The average molecular weight is 360 g/mol. The molecule has 0 spiro atoms. The first-order valence-electron chi connectivity index (χ1n) is 6.17. The molecule has 0 heterocycles. The van der Waals surface area contributed by atoms with Crippen molar-refractivity contribution in [3.05, 3.63) is 69.8 Å². The highest BCUT2D eigenvalue weighted by molar-refractivity contribution is 14.1. The van der Waals surface area contributed by atoms with Gasteiger partial charge in [0.1, 0.15) is 0 Å². The number of benzene rings is 3. The van der Waals surface area contributed by atoms with Crippen molar-refractivity contribution in [3.63, 3.8) is 0 Å². The van der Waals surface area contributed by atoms with Crippen molar-refractivity contribution >= 4 is 33.4 Å². The van der Waals surface area contributed by atoms with Crippen molar-refractivity contribution in [2.24, 2.45) is 0 Å². The van der Waals surface area contributed by atoms with Gasteiger partial charge in [-0.3, -0.25) is 0 Å². The van der Waals surface area contributed by atoms with E-state index in [1.807, 2.05) is 30.3 Å². The third-order valence-corrected chi connectivity index (χ3v) is 4.29. The molecule has 0 aliphatic heterocycles. The second-order valence-electron chi connectivity index (χ2n) is 4.46. The van der Waals surface area contributed by atoms with Gasteiger partial charge in [0.15, 0.2) is 0 Å². The van der Waals surface area contributed by atoms with E-state index in [1.54, 1.807) is 0 Å². The van der Waals surface area contributed by atoms with E-state index in [0.717, 1.165) is 20.3 Å². The molecule has 1 N–H and O–H groups in total. The largest absolute Gasteiger partial charge is 0.392 e. The Morgan fingerprint density at radius 3 is 2.32 bits per heavy atom. The molecule has 1 nitrogen and oxygen atoms in total. The third-order valence-electron chi connectivity index (χ3n) is 3.32. The topological polar surface area (TPSA) is 20.2 Å². The summed E-state index contributed by atoms with van der Waals surface area (Å²) in [6.07, 6.45) is 0. The van der Waals surface area contributed by atoms with Crippen LogP contribution >= 0.6 is 22.6 Å². The maximum Gasteiger partial charge on any atom is 0.0698 e. The summed E-state index contributed by atoms with van der Waals surface area (Å²) in [5, 5.41) is 12.1. The summed E-state index contributed by atoms with van der Waals surface area (Å²) in [4.78, 5) is 0. The lowest BCUT2D eigenvalue weighted by Crippen LogP contribution is -1.95. The van der Waals surface area contributed by atoms with Gasteiger partial charge in [-0.1, -0.05) is 54.6 Å². The van der Waals surface area contributed by atoms with E-state index in [9.17, 15) is 5.11 Å². The first-order valence-corrected chi connectivity index (χ1v) is 7.25. The van der Waals surface area contributed by atoms with Crippen LogP contribution in [0.2, 0.25) is 0 Å². The van der Waals surface area contributed by atoms with Crippen LogP contribution in [0.3, 0.4) is 0 Å². The zero-order valence-electron chi connectivity index (χ0n) is 10.3. The molecule has 0 aliphatic rings. The van der Waals surface area contributed by atoms with Gasteiger partial charge in [0, 0.05) is 3.57 Å². The molecule has 3 aromatic carbocycles. The Labute approximate surface area is 126 Å². The second kappa shape index (κ2) is 5.31. The Morgan fingerprint density at radius 2 is 1.58 bits per heavy atom. The molecule has 0 fully saturated rings. The van der Waals surface area contributed by atoms with Crippen molar-refractivity contribution in [2.75, 3.05) is 0 Å². The Bertz CT molecular complexity index is 720. The number of halogens is 1. The Hall–Kier alpha value is -1.39. The van der Waals surface area contributed by atoms with Gasteiger partial charge in [-0.2, -0.15) is 0 Å². The van der Waals surface area contributed by atoms with E-state index in [-0.39, 0.29) is 6.61 Å². The Kier molecular flexibility index (Phi) is 3.53. The van der Waals surface area contributed by atoms with Gasteiger partial charge in [-0.25, -0.2) is 0 Å². The second-order valence-corrected chi connectivity index (χ2v) is 5.62. The fourth-order valence-corrected chi connectivity index (χ4v) is 3.22. The van der Waals surface area contributed by atoms with Crippen molar-refractivity contribution in [1.82, 2.24) is 0 Å². The predicted octanol–water partition coefficient (Wildman–Crippen LogP) is 4.60. The number of rotatable bonds is 2. The molecule has 0 unspecified atom stereocenters. The molecule has 0 saturated carbocycles. The molecule has 3 aromatic rings. The van der Waals surface area contributed by atoms with Crippen LogP contribution in [0.4, 0.5) is 0 Å². The van der Waals surface area contributed by atoms with Gasteiger partial charge >= 0.3 is 0 Å². The molecular formula is C17H13IO. The standard InChI is InChI=1S/C17H13IO/c18-16-10-13-8-4-5-9-14(13)17(15(16)11-19)12-6-2-1-3-7-12/h1-10,19H,11H2. The quantitative estimate of drug-likeness (QED) is 0.662. The van der Waals surface area contributed by atoms with Gasteiger partial charge < -0.3 is 5.11 Å². The van der Waals surface area contributed by atoms with E-state index in [1.165, 1.54) is 10.8 Å². The molecule has 19 heavy (non-hydrogen) atoms. The molecule has 2 heteroatoms. The zero-order chi connectivity index (χ0) is 13.2. The summed E-state index contributed by atoms with van der Waals surface area (Å²) >= 11 is 2.30. The van der Waals surface area contributed by atoms with Crippen LogP contribution in [0, 0.1) is 3.57 Å². The SMILES string of the molecule is OCc1c(I)cc2ccccc2c1-c1ccccc1. The minimum atomic E-state index is 0.0628. The maximum atomic E-state index is 9.72. The molecule has 0 aliphatic carbocycles. The summed E-state index contributed by atoms with van der Waals surface area (Å²) in [7, 11) is 0. The molecule has 0 atom stereocenters. The molecule has 0 radical (unpaired) electrons. The van der Waals surface area contributed by atoms with Crippen LogP contribution in [-0.4, -0.2) is 5.11 Å². The molecule has 94 valence electrons. The van der Waals surface area contributed by atoms with Crippen LogP contribution < -0.4 is 0 Å². The molecule has 0 saturated heterocycles. The molecule has 0 bridgehead atoms. The molecule has 0 amide bonds. The number of hydrogen-bond acceptors (Lipinski definition) is 1. The van der Waals surface area contributed by atoms with E-state index in [0.29, 0.717) is 0 Å². The minimum absolute atomic E-state index is 0.0628. The van der Waals surface area contributed by atoms with Crippen molar-refractivity contribution in [2.45, 2.75) is 6.61 Å². The van der Waals surface area contributed by atoms with Crippen LogP contribution in [0.5, 0.6) is 0 Å². The number of hydrogen-bond donors (Lipinski definition) is 1. The average Bonchev–Trinajstić information content (AvgIpc) is 2.46. The lowest BCUT2D eigenvalue weighted by atomic mass is 9.93. The minimum Gasteiger partial charge on any atom is -0.392 e. The van der Waals surface area contributed by atoms with Crippen molar-refractivity contribution in [3.8, 4) is 11.1 Å². The van der Waals surface area contributed by atoms with Crippen LogP contribution in [-0.2, 0) is 6.61 Å². The van der Waals surface area contributed by atoms with Gasteiger partial charge in [0.05, 0.1) is 6.61 Å². The lowest BCUT2D eigenvalue weighted by molar-refractivity contribution is 0.281. The highest BCUT2D eigenvalue weighted by Crippen LogP contribution is 2.35. The van der Waals surface area contributed by atoms with E-state index in [2.05, 4.69) is 52.9 Å². The highest BCUT2D eigenvalue weighted by Gasteiger charge is 2.12. The summed E-state index contributed by atoms with van der Waals surface area (Å²) in [5.41, 5.74) is 3.30. The van der Waals surface area contributed by atoms with Gasteiger partial charge in [-0.15, -0.1) is 0 Å². The van der Waals surface area contributed by atoms with Crippen molar-refractivity contribution in [1.29, 1.82) is 0 Å². The summed E-state index contributed by atoms with van der Waals surface area (Å²) in [5.74, 6) is 0. The van der Waals surface area contributed by atoms with Crippen LogP contribution in [0.1, 0.15) is 5.56 Å². The van der Waals surface area contributed by atoms with E-state index in [4.69, 9.17) is 0 Å². The number of fused-ring (bicyclic) bond motifs is 1. The molecule has 3 rings (SSSR count). The predicted molar refractivity (Wildman–Crippen MR) is 88.0 cm³/mol. The highest BCUT2D eigenvalue weighted by atomic mass is 127. The lowest BCUT2D eigenvalue weighted by Gasteiger charge is -2.14. The van der Waals surface area contributed by atoms with Crippen LogP contribution in [0.25, 0.3) is 21.9 Å². The summed E-state index contributed by atoms with van der Waals surface area (Å²) in [6, 6.07) is 20.7. The summed E-state index contributed by atoms with van der Waals surface area (Å²) in [6.45, 7) is 0.0628. The first kappa shape index (κ1) is 12.6. The number of aliphatic hydroxyl groups is 1. The Balaban J connectivity index is 2.43. The Morgan fingerprint density at radius 1 is 0.895 bits per heavy atom. The van der Waals surface area contributed by atoms with Crippen molar-refractivity contribution < 1.29 is 5.11 Å². The van der Waals surface area contributed by atoms with E-state index >= 15 is 0 Å².